The molecule has 6 nitrogen and oxygen atoms in total. The lowest BCUT2D eigenvalue weighted by molar-refractivity contribution is -0.119. The van der Waals surface area contributed by atoms with Gasteiger partial charge in [0.1, 0.15) is 12.4 Å². The van der Waals surface area contributed by atoms with Crippen LogP contribution in [0, 0.1) is 0 Å². The molecule has 0 saturated carbocycles. The van der Waals surface area contributed by atoms with E-state index < -0.39 is 0 Å². The average molecular weight is 322 g/mol. The quantitative estimate of drug-likeness (QED) is 0.730. The minimum absolute atomic E-state index is 0.00772. The highest BCUT2D eigenvalue weighted by atomic mass is 16.5. The van der Waals surface area contributed by atoms with Crippen LogP contribution in [0.15, 0.2) is 54.9 Å². The molecule has 6 heteroatoms. The van der Waals surface area contributed by atoms with Gasteiger partial charge in [-0.2, -0.15) is 5.10 Å². The van der Waals surface area contributed by atoms with E-state index in [0.717, 1.165) is 22.5 Å². The second-order valence-electron chi connectivity index (χ2n) is 5.31. The van der Waals surface area contributed by atoms with Crippen molar-refractivity contribution in [3.8, 4) is 17.1 Å². The molecule has 122 valence electrons. The van der Waals surface area contributed by atoms with E-state index in [9.17, 15) is 4.79 Å². The number of amides is 1. The Morgan fingerprint density at radius 3 is 2.79 bits per heavy atom. The highest BCUT2D eigenvalue weighted by Crippen LogP contribution is 2.18. The molecule has 24 heavy (non-hydrogen) atoms. The van der Waals surface area contributed by atoms with Crippen molar-refractivity contribution in [3.05, 3.63) is 66.0 Å². The van der Waals surface area contributed by atoms with E-state index in [0.29, 0.717) is 18.8 Å². The predicted molar refractivity (Wildman–Crippen MR) is 90.4 cm³/mol. The van der Waals surface area contributed by atoms with Gasteiger partial charge in [0, 0.05) is 13.2 Å². The summed E-state index contributed by atoms with van der Waals surface area (Å²) in [4.78, 5) is 15.8. The van der Waals surface area contributed by atoms with E-state index in [2.05, 4.69) is 20.5 Å². The summed E-state index contributed by atoms with van der Waals surface area (Å²) >= 11 is 0. The van der Waals surface area contributed by atoms with Gasteiger partial charge < -0.3 is 10.1 Å². The summed E-state index contributed by atoms with van der Waals surface area (Å²) in [6.07, 6.45) is 3.74. The lowest BCUT2D eigenvalue weighted by Crippen LogP contribution is -2.19. The number of H-pyrrole nitrogens is 1. The standard InChI is InChI=1S/C18H18N4O2/c1-19-18(23)10-13-3-2-4-14(9-13)12-24-15-5-6-16(20-11-15)17-7-8-21-22-17/h2-9,11H,10,12H2,1H3,(H,19,23)(H,21,22). The molecule has 2 N–H and O–H groups in total. The van der Waals surface area contributed by atoms with Crippen LogP contribution in [-0.4, -0.2) is 28.1 Å². The zero-order valence-electron chi connectivity index (χ0n) is 13.3. The monoisotopic (exact) mass is 322 g/mol. The molecule has 3 rings (SSSR count). The third-order valence-corrected chi connectivity index (χ3v) is 3.55. The van der Waals surface area contributed by atoms with E-state index in [1.165, 1.54) is 0 Å². The molecule has 0 aliphatic heterocycles. The molecule has 0 spiro atoms. The van der Waals surface area contributed by atoms with Crippen LogP contribution in [0.4, 0.5) is 0 Å². The first-order valence-electron chi connectivity index (χ1n) is 7.61. The predicted octanol–water partition coefficient (Wildman–Crippen LogP) is 2.34. The highest BCUT2D eigenvalue weighted by molar-refractivity contribution is 5.78. The van der Waals surface area contributed by atoms with Crippen LogP contribution < -0.4 is 10.1 Å². The Bertz CT molecular complexity index is 798. The number of hydrogen-bond acceptors (Lipinski definition) is 4. The average Bonchev–Trinajstić information content (AvgIpc) is 3.15. The summed E-state index contributed by atoms with van der Waals surface area (Å²) < 4.78 is 5.76. The number of rotatable bonds is 6. The first-order valence-corrected chi connectivity index (χ1v) is 7.61. The first-order chi connectivity index (χ1) is 11.7. The summed E-state index contributed by atoms with van der Waals surface area (Å²) in [6.45, 7) is 0.423. The van der Waals surface area contributed by atoms with Gasteiger partial charge in [0.15, 0.2) is 0 Å². The lowest BCUT2D eigenvalue weighted by Gasteiger charge is -2.08. The van der Waals surface area contributed by atoms with Gasteiger partial charge >= 0.3 is 0 Å². The molecule has 2 aromatic heterocycles. The number of carbonyl (C=O) groups excluding carboxylic acids is 1. The van der Waals surface area contributed by atoms with Gasteiger partial charge in [-0.25, -0.2) is 0 Å². The normalized spacial score (nSPS) is 10.4. The van der Waals surface area contributed by atoms with Crippen LogP contribution in [0.1, 0.15) is 11.1 Å². The van der Waals surface area contributed by atoms with Crippen molar-refractivity contribution in [1.82, 2.24) is 20.5 Å². The van der Waals surface area contributed by atoms with Crippen LogP contribution in [0.3, 0.4) is 0 Å². The maximum atomic E-state index is 11.4. The lowest BCUT2D eigenvalue weighted by atomic mass is 10.1. The van der Waals surface area contributed by atoms with Crippen molar-refractivity contribution in [3.63, 3.8) is 0 Å². The fourth-order valence-corrected chi connectivity index (χ4v) is 2.29. The molecule has 0 radical (unpaired) electrons. The number of nitrogens with one attached hydrogen (secondary N) is 2. The first kappa shape index (κ1) is 15.7. The summed E-state index contributed by atoms with van der Waals surface area (Å²) in [5, 5.41) is 9.40. The largest absolute Gasteiger partial charge is 0.487 e. The zero-order valence-corrected chi connectivity index (χ0v) is 13.3. The van der Waals surface area contributed by atoms with E-state index in [-0.39, 0.29) is 5.91 Å². The molecule has 2 heterocycles. The van der Waals surface area contributed by atoms with Crippen molar-refractivity contribution in [2.75, 3.05) is 7.05 Å². The molecule has 0 aliphatic rings. The molecular weight excluding hydrogens is 304 g/mol. The van der Waals surface area contributed by atoms with Gasteiger partial charge in [-0.3, -0.25) is 14.9 Å². The van der Waals surface area contributed by atoms with Gasteiger partial charge in [0.25, 0.3) is 0 Å². The Labute approximate surface area is 139 Å². The van der Waals surface area contributed by atoms with Gasteiger partial charge in [0.2, 0.25) is 5.91 Å². The topological polar surface area (TPSA) is 79.9 Å². The number of likely N-dealkylation sites (N-methyl/N-ethyl adjacent to an activating group) is 1. The Balaban J connectivity index is 1.61. The third kappa shape index (κ3) is 3.98. The molecule has 0 aliphatic carbocycles. The Morgan fingerprint density at radius 2 is 2.08 bits per heavy atom. The fourth-order valence-electron chi connectivity index (χ4n) is 2.29. The van der Waals surface area contributed by atoms with E-state index in [1.54, 1.807) is 19.4 Å². The smallest absolute Gasteiger partial charge is 0.224 e. The summed E-state index contributed by atoms with van der Waals surface area (Å²) in [7, 11) is 1.63. The van der Waals surface area contributed by atoms with E-state index >= 15 is 0 Å². The van der Waals surface area contributed by atoms with Crippen molar-refractivity contribution in [1.29, 1.82) is 0 Å². The van der Waals surface area contributed by atoms with Crippen molar-refractivity contribution in [2.24, 2.45) is 0 Å². The molecule has 3 aromatic rings. The van der Waals surface area contributed by atoms with Crippen LogP contribution in [0.2, 0.25) is 0 Å². The van der Waals surface area contributed by atoms with Crippen LogP contribution in [0.25, 0.3) is 11.4 Å². The SMILES string of the molecule is CNC(=O)Cc1cccc(COc2ccc(-c3ccn[nH]3)nc2)c1. The number of aromatic amines is 1. The molecule has 0 unspecified atom stereocenters. The summed E-state index contributed by atoms with van der Waals surface area (Å²) in [5.41, 5.74) is 3.65. The Kier molecular flexibility index (Phi) is 4.86. The second-order valence-corrected chi connectivity index (χ2v) is 5.31. The summed E-state index contributed by atoms with van der Waals surface area (Å²) in [5.74, 6) is 0.682. The Morgan fingerprint density at radius 1 is 1.21 bits per heavy atom. The molecule has 1 amide bonds. The van der Waals surface area contributed by atoms with Gasteiger partial charge in [-0.1, -0.05) is 24.3 Å². The second kappa shape index (κ2) is 7.41. The number of hydrogen-bond donors (Lipinski definition) is 2. The third-order valence-electron chi connectivity index (χ3n) is 3.55. The molecule has 1 aromatic carbocycles. The molecular formula is C18H18N4O2. The Hall–Kier alpha value is -3.15. The van der Waals surface area contributed by atoms with Gasteiger partial charge in [-0.15, -0.1) is 0 Å². The number of ether oxygens (including phenoxy) is 1. The van der Waals surface area contributed by atoms with Crippen molar-refractivity contribution >= 4 is 5.91 Å². The molecule has 0 fully saturated rings. The molecule has 0 atom stereocenters. The zero-order chi connectivity index (χ0) is 16.8. The maximum Gasteiger partial charge on any atom is 0.224 e. The van der Waals surface area contributed by atoms with Crippen LogP contribution in [-0.2, 0) is 17.8 Å². The van der Waals surface area contributed by atoms with Gasteiger partial charge in [-0.05, 0) is 29.3 Å². The van der Waals surface area contributed by atoms with E-state index in [1.807, 2.05) is 42.5 Å². The molecule has 0 bridgehead atoms. The molecule has 0 saturated heterocycles. The van der Waals surface area contributed by atoms with Gasteiger partial charge in [0.05, 0.1) is 24.0 Å². The minimum atomic E-state index is -0.00772. The van der Waals surface area contributed by atoms with Crippen molar-refractivity contribution in [2.45, 2.75) is 13.0 Å². The van der Waals surface area contributed by atoms with Crippen molar-refractivity contribution < 1.29 is 9.53 Å². The summed E-state index contributed by atoms with van der Waals surface area (Å²) in [6, 6.07) is 13.4. The minimum Gasteiger partial charge on any atom is -0.487 e. The number of nitrogens with zero attached hydrogens (tertiary/aromatic N) is 2. The number of aromatic nitrogens is 3. The fraction of sp³-hybridized carbons (Fsp3) is 0.167. The van der Waals surface area contributed by atoms with Crippen LogP contribution >= 0.6 is 0 Å². The number of pyridine rings is 1. The van der Waals surface area contributed by atoms with E-state index in [4.69, 9.17) is 4.74 Å². The van der Waals surface area contributed by atoms with Crippen LogP contribution in [0.5, 0.6) is 5.75 Å². The maximum absolute atomic E-state index is 11.4. The highest BCUT2D eigenvalue weighted by Gasteiger charge is 2.04. The number of benzene rings is 1. The number of carbonyl (C=O) groups is 1.